The fourth-order valence-electron chi connectivity index (χ4n) is 3.93. The van der Waals surface area contributed by atoms with Gasteiger partial charge in [0.05, 0.1) is 11.0 Å². The number of nitriles is 1. The van der Waals surface area contributed by atoms with Crippen LogP contribution in [0.2, 0.25) is 0 Å². The van der Waals surface area contributed by atoms with Crippen molar-refractivity contribution in [1.29, 1.82) is 5.26 Å². The quantitative estimate of drug-likeness (QED) is 0.749. The number of sulfonamides is 1. The van der Waals surface area contributed by atoms with Crippen molar-refractivity contribution in [2.24, 2.45) is 5.92 Å². The monoisotopic (exact) mass is 430 g/mol. The number of piperidine rings is 1. The molecule has 9 heteroatoms. The third kappa shape index (κ3) is 4.36. The summed E-state index contributed by atoms with van der Waals surface area (Å²) in [6, 6.07) is 8.50. The second kappa shape index (κ2) is 8.76. The summed E-state index contributed by atoms with van der Waals surface area (Å²) >= 11 is 0. The standard InChI is InChI=1S/C21H26N4O4S/c1-15-4-2-10-25(14-15)30(26,27)18-8-6-16(7-9-18)20-24-19(12-22)21(29-20)23-13-17-5-3-11-28-17/h6-9,15,17,23H,2-5,10-11,13-14H2,1H3/t15-,17-/m1/s1. The lowest BCUT2D eigenvalue weighted by Crippen LogP contribution is -2.39. The zero-order chi connectivity index (χ0) is 21.1. The Hall–Kier alpha value is -2.41. The van der Waals surface area contributed by atoms with Gasteiger partial charge < -0.3 is 14.5 Å². The maximum absolute atomic E-state index is 12.9. The van der Waals surface area contributed by atoms with E-state index in [2.05, 4.69) is 17.2 Å². The van der Waals surface area contributed by atoms with Crippen molar-refractivity contribution >= 4 is 15.9 Å². The van der Waals surface area contributed by atoms with E-state index in [-0.39, 0.29) is 22.6 Å². The van der Waals surface area contributed by atoms with Crippen molar-refractivity contribution in [2.45, 2.75) is 43.6 Å². The van der Waals surface area contributed by atoms with Crippen LogP contribution in [-0.4, -0.2) is 50.1 Å². The van der Waals surface area contributed by atoms with Crippen LogP contribution in [0.15, 0.2) is 33.6 Å². The number of nitrogens with one attached hydrogen (secondary N) is 1. The van der Waals surface area contributed by atoms with E-state index >= 15 is 0 Å². The van der Waals surface area contributed by atoms with Crippen LogP contribution >= 0.6 is 0 Å². The van der Waals surface area contributed by atoms with Crippen LogP contribution in [0.1, 0.15) is 38.3 Å². The van der Waals surface area contributed by atoms with Crippen LogP contribution in [0.4, 0.5) is 5.88 Å². The first kappa shape index (κ1) is 20.8. The van der Waals surface area contributed by atoms with E-state index in [0.717, 1.165) is 32.3 Å². The van der Waals surface area contributed by atoms with Crippen molar-refractivity contribution < 1.29 is 17.6 Å². The molecule has 0 bridgehead atoms. The van der Waals surface area contributed by atoms with Gasteiger partial charge in [-0.2, -0.15) is 14.6 Å². The molecule has 8 nitrogen and oxygen atoms in total. The third-order valence-corrected chi connectivity index (χ3v) is 7.49. The van der Waals surface area contributed by atoms with Crippen LogP contribution < -0.4 is 5.32 Å². The molecule has 0 unspecified atom stereocenters. The summed E-state index contributed by atoms with van der Waals surface area (Å²) in [6.45, 7) is 4.48. The summed E-state index contributed by atoms with van der Waals surface area (Å²) in [4.78, 5) is 4.50. The highest BCUT2D eigenvalue weighted by Crippen LogP contribution is 2.28. The van der Waals surface area contributed by atoms with Gasteiger partial charge in [-0.15, -0.1) is 0 Å². The molecule has 2 saturated heterocycles. The molecule has 1 aromatic heterocycles. The number of aromatic nitrogens is 1. The number of hydrogen-bond acceptors (Lipinski definition) is 7. The van der Waals surface area contributed by atoms with E-state index in [1.54, 1.807) is 28.6 Å². The summed E-state index contributed by atoms with van der Waals surface area (Å²) < 4.78 is 38.7. The van der Waals surface area contributed by atoms with Gasteiger partial charge in [-0.3, -0.25) is 0 Å². The lowest BCUT2D eigenvalue weighted by Gasteiger charge is -2.30. The molecular weight excluding hydrogens is 404 g/mol. The van der Waals surface area contributed by atoms with Gasteiger partial charge in [-0.25, -0.2) is 8.42 Å². The predicted octanol–water partition coefficient (Wildman–Crippen LogP) is 3.22. The molecule has 4 rings (SSSR count). The smallest absolute Gasteiger partial charge is 0.243 e. The molecule has 1 N–H and O–H groups in total. The molecule has 2 aliphatic heterocycles. The van der Waals surface area contributed by atoms with Gasteiger partial charge in [-0.1, -0.05) is 6.92 Å². The molecule has 0 aliphatic carbocycles. The zero-order valence-electron chi connectivity index (χ0n) is 17.0. The molecule has 1 aromatic carbocycles. The molecular formula is C21H26N4O4S. The topological polar surface area (TPSA) is 108 Å². The Labute approximate surface area is 176 Å². The van der Waals surface area contributed by atoms with E-state index in [0.29, 0.717) is 37.0 Å². The van der Waals surface area contributed by atoms with Crippen molar-refractivity contribution in [3.8, 4) is 17.5 Å². The highest BCUT2D eigenvalue weighted by Gasteiger charge is 2.28. The van der Waals surface area contributed by atoms with Crippen molar-refractivity contribution in [1.82, 2.24) is 9.29 Å². The first-order valence-electron chi connectivity index (χ1n) is 10.3. The molecule has 160 valence electrons. The number of nitrogens with zero attached hydrogens (tertiary/aromatic N) is 3. The molecule has 0 amide bonds. The lowest BCUT2D eigenvalue weighted by molar-refractivity contribution is 0.120. The maximum atomic E-state index is 12.9. The average molecular weight is 431 g/mol. The number of rotatable bonds is 6. The summed E-state index contributed by atoms with van der Waals surface area (Å²) in [5.41, 5.74) is 0.782. The van der Waals surface area contributed by atoms with Crippen molar-refractivity contribution in [3.05, 3.63) is 30.0 Å². The fraction of sp³-hybridized carbons (Fsp3) is 0.524. The Morgan fingerprint density at radius 2 is 2.07 bits per heavy atom. The van der Waals surface area contributed by atoms with Crippen LogP contribution in [0.5, 0.6) is 0 Å². The van der Waals surface area contributed by atoms with Crippen LogP contribution in [0.3, 0.4) is 0 Å². The van der Waals surface area contributed by atoms with E-state index < -0.39 is 10.0 Å². The number of oxazole rings is 1. The van der Waals surface area contributed by atoms with Gasteiger partial charge in [0.2, 0.25) is 27.5 Å². The van der Waals surface area contributed by atoms with Crippen LogP contribution in [0.25, 0.3) is 11.5 Å². The lowest BCUT2D eigenvalue weighted by atomic mass is 10.0. The number of ether oxygens (including phenoxy) is 1. The summed E-state index contributed by atoms with van der Waals surface area (Å²) in [5.74, 6) is 0.948. The van der Waals surface area contributed by atoms with Gasteiger partial charge in [0, 0.05) is 31.8 Å². The summed E-state index contributed by atoms with van der Waals surface area (Å²) in [7, 11) is -3.52. The van der Waals surface area contributed by atoms with Crippen LogP contribution in [0, 0.1) is 17.2 Å². The normalized spacial score (nSPS) is 22.7. The van der Waals surface area contributed by atoms with Gasteiger partial charge in [-0.05, 0) is 55.9 Å². The molecule has 0 saturated carbocycles. The zero-order valence-corrected chi connectivity index (χ0v) is 17.8. The Kier molecular flexibility index (Phi) is 6.09. The number of benzene rings is 1. The molecule has 30 heavy (non-hydrogen) atoms. The van der Waals surface area contributed by atoms with E-state index in [4.69, 9.17) is 9.15 Å². The second-order valence-corrected chi connectivity index (χ2v) is 9.90. The summed E-state index contributed by atoms with van der Waals surface area (Å²) in [5, 5.41) is 12.5. The largest absolute Gasteiger partial charge is 0.419 e. The Morgan fingerprint density at radius 3 is 2.73 bits per heavy atom. The molecule has 3 heterocycles. The highest BCUT2D eigenvalue weighted by molar-refractivity contribution is 7.89. The van der Waals surface area contributed by atoms with Gasteiger partial charge in [0.25, 0.3) is 0 Å². The van der Waals surface area contributed by atoms with Crippen molar-refractivity contribution in [2.75, 3.05) is 31.6 Å². The Bertz CT molecular complexity index is 1020. The first-order valence-corrected chi connectivity index (χ1v) is 11.8. The number of hydrogen-bond donors (Lipinski definition) is 1. The van der Waals surface area contributed by atoms with Crippen molar-refractivity contribution in [3.63, 3.8) is 0 Å². The average Bonchev–Trinajstić information content (AvgIpc) is 3.42. The molecule has 2 aliphatic rings. The minimum absolute atomic E-state index is 0.104. The highest BCUT2D eigenvalue weighted by atomic mass is 32.2. The van der Waals surface area contributed by atoms with Gasteiger partial charge in [0.1, 0.15) is 6.07 Å². The second-order valence-electron chi connectivity index (χ2n) is 7.96. The minimum Gasteiger partial charge on any atom is -0.419 e. The van der Waals surface area contributed by atoms with E-state index in [1.165, 1.54) is 0 Å². The SMILES string of the molecule is C[C@@H]1CCCN(S(=O)(=O)c2ccc(-c3nc(C#N)c(NC[C@H]4CCCO4)o3)cc2)C1. The Morgan fingerprint density at radius 1 is 1.27 bits per heavy atom. The molecule has 0 radical (unpaired) electrons. The maximum Gasteiger partial charge on any atom is 0.243 e. The molecule has 0 spiro atoms. The van der Waals surface area contributed by atoms with Gasteiger partial charge in [0.15, 0.2) is 0 Å². The predicted molar refractivity (Wildman–Crippen MR) is 111 cm³/mol. The number of anilines is 1. The first-order chi connectivity index (χ1) is 14.5. The molecule has 2 aromatic rings. The van der Waals surface area contributed by atoms with E-state index in [9.17, 15) is 13.7 Å². The summed E-state index contributed by atoms with van der Waals surface area (Å²) in [6.07, 6.45) is 4.05. The molecule has 2 atom stereocenters. The van der Waals surface area contributed by atoms with E-state index in [1.807, 2.05) is 6.07 Å². The molecule has 2 fully saturated rings. The van der Waals surface area contributed by atoms with Gasteiger partial charge >= 0.3 is 0 Å². The van der Waals surface area contributed by atoms with Crippen LogP contribution in [-0.2, 0) is 14.8 Å². The minimum atomic E-state index is -3.52. The Balaban J connectivity index is 1.50. The third-order valence-electron chi connectivity index (χ3n) is 5.61. The fourth-order valence-corrected chi connectivity index (χ4v) is 5.53.